The largest absolute Gasteiger partial charge is 0.481 e. The molecule has 1 aromatic heterocycles. The van der Waals surface area contributed by atoms with Gasteiger partial charge in [0.2, 0.25) is 0 Å². The summed E-state index contributed by atoms with van der Waals surface area (Å²) in [5, 5.41) is 14.0. The summed E-state index contributed by atoms with van der Waals surface area (Å²) in [5.41, 5.74) is 0.933. The number of hydrogen-bond acceptors (Lipinski definition) is 3. The Bertz CT molecular complexity index is 1240. The van der Waals surface area contributed by atoms with Gasteiger partial charge >= 0.3 is 12.1 Å². The average molecular weight is 507 g/mol. The first-order valence-corrected chi connectivity index (χ1v) is 12.3. The molecule has 2 aromatic rings. The number of carboxylic acids is 1. The third kappa shape index (κ3) is 3.99. The molecule has 9 heteroatoms. The summed E-state index contributed by atoms with van der Waals surface area (Å²) in [6.07, 6.45) is 0.852. The van der Waals surface area contributed by atoms with Gasteiger partial charge in [-0.2, -0.15) is 23.0 Å². The fourth-order valence-corrected chi connectivity index (χ4v) is 5.81. The van der Waals surface area contributed by atoms with Gasteiger partial charge in [-0.1, -0.05) is 36.7 Å². The van der Waals surface area contributed by atoms with Crippen LogP contribution in [0, 0.1) is 11.8 Å². The van der Waals surface area contributed by atoms with Crippen LogP contribution in [0.5, 0.6) is 0 Å². The number of aliphatic carboxylic acids is 1. The van der Waals surface area contributed by atoms with Crippen molar-refractivity contribution in [1.82, 2.24) is 9.78 Å². The lowest BCUT2D eigenvalue weighted by Gasteiger charge is -2.24. The number of alkyl halides is 3. The number of hydrogen-bond donors (Lipinski definition) is 1. The van der Waals surface area contributed by atoms with E-state index in [1.54, 1.807) is 0 Å². The number of fused-ring (bicyclic) bond motifs is 1. The van der Waals surface area contributed by atoms with Crippen LogP contribution >= 0.6 is 11.6 Å². The first kappa shape index (κ1) is 24.1. The molecule has 0 saturated heterocycles. The predicted molar refractivity (Wildman–Crippen MR) is 125 cm³/mol. The van der Waals surface area contributed by atoms with Crippen molar-refractivity contribution in [2.75, 3.05) is 0 Å². The van der Waals surface area contributed by atoms with Crippen LogP contribution in [0.3, 0.4) is 0 Å². The number of allylic oxidation sites excluding steroid dienone is 2. The smallest absolute Gasteiger partial charge is 0.398 e. The topological polar surface area (TPSA) is 72.2 Å². The summed E-state index contributed by atoms with van der Waals surface area (Å²) in [5.74, 6) is -1.62. The summed E-state index contributed by atoms with van der Waals surface area (Å²) >= 11 is 6.37. The Kier molecular flexibility index (Phi) is 5.86. The van der Waals surface area contributed by atoms with Crippen LogP contribution in [-0.4, -0.2) is 32.9 Å². The highest BCUT2D eigenvalue weighted by atomic mass is 35.5. The minimum atomic E-state index is -4.48. The van der Waals surface area contributed by atoms with Crippen LogP contribution in [0.2, 0.25) is 5.02 Å². The number of halogens is 4. The van der Waals surface area contributed by atoms with Crippen LogP contribution < -0.4 is 0 Å². The van der Waals surface area contributed by atoms with Gasteiger partial charge in [-0.3, -0.25) is 9.59 Å². The average Bonchev–Trinajstić information content (AvgIpc) is 3.55. The van der Waals surface area contributed by atoms with Crippen LogP contribution in [0.25, 0.3) is 5.57 Å². The van der Waals surface area contributed by atoms with E-state index in [1.807, 2.05) is 6.08 Å². The zero-order valence-corrected chi connectivity index (χ0v) is 20.0. The Balaban J connectivity index is 1.61. The number of carbonyl (C=O) groups excluding carboxylic acids is 1. The van der Waals surface area contributed by atoms with Crippen molar-refractivity contribution in [3.05, 3.63) is 57.4 Å². The van der Waals surface area contributed by atoms with Gasteiger partial charge in [-0.15, -0.1) is 0 Å². The minimum Gasteiger partial charge on any atom is -0.481 e. The van der Waals surface area contributed by atoms with Crippen molar-refractivity contribution in [3.8, 4) is 0 Å². The van der Waals surface area contributed by atoms with Gasteiger partial charge in [-0.25, -0.2) is 0 Å². The Labute approximate surface area is 206 Å². The second-order valence-corrected chi connectivity index (χ2v) is 10.5. The number of carbonyl (C=O) groups is 2. The third-order valence-electron chi connectivity index (χ3n) is 7.81. The van der Waals surface area contributed by atoms with E-state index in [2.05, 4.69) is 12.0 Å². The number of benzene rings is 1. The number of rotatable bonds is 4. The van der Waals surface area contributed by atoms with Crippen molar-refractivity contribution in [2.45, 2.75) is 69.9 Å². The lowest BCUT2D eigenvalue weighted by Crippen LogP contribution is -2.32. The molecular weight excluding hydrogens is 481 g/mol. The molecule has 0 amide bonds. The van der Waals surface area contributed by atoms with Gasteiger partial charge in [-0.05, 0) is 74.5 Å². The second-order valence-electron chi connectivity index (χ2n) is 10.1. The molecule has 1 fully saturated rings. The molecular formula is C26H26ClF3N2O3. The molecule has 0 bridgehead atoms. The van der Waals surface area contributed by atoms with E-state index in [9.17, 15) is 27.9 Å². The van der Waals surface area contributed by atoms with E-state index >= 15 is 0 Å². The lowest BCUT2D eigenvalue weighted by molar-refractivity contribution is -0.160. The highest BCUT2D eigenvalue weighted by Gasteiger charge is 2.65. The van der Waals surface area contributed by atoms with Crippen LogP contribution in [0.4, 0.5) is 13.2 Å². The van der Waals surface area contributed by atoms with E-state index in [0.717, 1.165) is 17.6 Å². The maximum absolute atomic E-state index is 14.0. The van der Waals surface area contributed by atoms with Crippen molar-refractivity contribution >= 4 is 29.1 Å². The zero-order valence-electron chi connectivity index (χ0n) is 19.3. The predicted octanol–water partition coefficient (Wildman–Crippen LogP) is 6.21. The summed E-state index contributed by atoms with van der Waals surface area (Å²) in [7, 11) is 0. The maximum atomic E-state index is 14.0. The molecule has 1 N–H and O–H groups in total. The Morgan fingerprint density at radius 3 is 2.54 bits per heavy atom. The molecule has 1 heterocycles. The molecule has 5 rings (SSSR count). The normalized spacial score (nSPS) is 23.4. The van der Waals surface area contributed by atoms with E-state index in [0.29, 0.717) is 49.4 Å². The molecule has 0 spiro atoms. The standard InChI is InChI=1S/C26H26ClF3N2O3/c1-14-5-10-17-20(13-14)32(31-22(17)15-6-8-16(9-7-15)24(34)35)23(33)21-18(3-2-4-19(21)27)25(11-12-25)26(28,29)30/h2-4,6,14,16H,5,7-13H2,1H3,(H,34,35)/t14-,16-/m1/s1. The van der Waals surface area contributed by atoms with Crippen molar-refractivity contribution in [3.63, 3.8) is 0 Å². The Hall–Kier alpha value is -2.61. The molecule has 1 aromatic carbocycles. The zero-order chi connectivity index (χ0) is 25.1. The minimum absolute atomic E-state index is 0.0149. The maximum Gasteiger partial charge on any atom is 0.398 e. The Morgan fingerprint density at radius 2 is 1.94 bits per heavy atom. The first-order chi connectivity index (χ1) is 16.5. The molecule has 0 aliphatic heterocycles. The molecule has 186 valence electrons. The molecule has 35 heavy (non-hydrogen) atoms. The molecule has 0 radical (unpaired) electrons. The highest BCUT2D eigenvalue weighted by Crippen LogP contribution is 2.60. The van der Waals surface area contributed by atoms with Crippen LogP contribution in [0.1, 0.15) is 78.3 Å². The van der Waals surface area contributed by atoms with E-state index in [1.165, 1.54) is 22.9 Å². The quantitative estimate of drug-likeness (QED) is 0.535. The van der Waals surface area contributed by atoms with Gasteiger partial charge in [0.1, 0.15) is 0 Å². The highest BCUT2D eigenvalue weighted by molar-refractivity contribution is 6.34. The molecule has 3 aliphatic carbocycles. The molecule has 3 aliphatic rings. The van der Waals surface area contributed by atoms with E-state index in [-0.39, 0.29) is 29.0 Å². The van der Waals surface area contributed by atoms with Crippen LogP contribution in [-0.2, 0) is 23.1 Å². The van der Waals surface area contributed by atoms with E-state index in [4.69, 9.17) is 11.6 Å². The van der Waals surface area contributed by atoms with Gasteiger partial charge in [0.05, 0.1) is 33.3 Å². The van der Waals surface area contributed by atoms with Gasteiger partial charge in [0.15, 0.2) is 0 Å². The van der Waals surface area contributed by atoms with Crippen molar-refractivity contribution in [1.29, 1.82) is 0 Å². The third-order valence-corrected chi connectivity index (χ3v) is 8.13. The number of aromatic nitrogens is 2. The Morgan fingerprint density at radius 1 is 1.20 bits per heavy atom. The molecule has 1 saturated carbocycles. The van der Waals surface area contributed by atoms with Crippen molar-refractivity contribution < 1.29 is 27.9 Å². The van der Waals surface area contributed by atoms with E-state index < -0.39 is 29.4 Å². The summed E-state index contributed by atoms with van der Waals surface area (Å²) in [4.78, 5) is 25.2. The van der Waals surface area contributed by atoms with Gasteiger partial charge < -0.3 is 5.11 Å². The monoisotopic (exact) mass is 506 g/mol. The first-order valence-electron chi connectivity index (χ1n) is 12.0. The van der Waals surface area contributed by atoms with Crippen molar-refractivity contribution in [2.24, 2.45) is 11.8 Å². The van der Waals surface area contributed by atoms with Gasteiger partial charge in [0, 0.05) is 5.56 Å². The fraction of sp³-hybridized carbons (Fsp3) is 0.500. The second kappa shape index (κ2) is 8.50. The number of nitrogens with zero attached hydrogens (tertiary/aromatic N) is 2. The van der Waals surface area contributed by atoms with Crippen LogP contribution in [0.15, 0.2) is 24.3 Å². The molecule has 5 nitrogen and oxygen atoms in total. The van der Waals surface area contributed by atoms with Gasteiger partial charge in [0.25, 0.3) is 5.91 Å². The molecule has 0 unspecified atom stereocenters. The summed E-state index contributed by atoms with van der Waals surface area (Å²) in [6.45, 7) is 2.07. The summed E-state index contributed by atoms with van der Waals surface area (Å²) in [6, 6.07) is 4.26. The number of carboxylic acid groups (broad SMARTS) is 1. The lowest BCUT2D eigenvalue weighted by atomic mass is 9.83. The molecule has 2 atom stereocenters. The SMILES string of the molecule is C[C@@H]1CCc2c(C3=CC[C@@H](C(=O)O)CC3)nn(C(=O)c3c(Cl)cccc3C3(C(F)(F)F)CC3)c2C1. The fourth-order valence-electron chi connectivity index (χ4n) is 5.56. The summed E-state index contributed by atoms with van der Waals surface area (Å²) < 4.78 is 43.2.